The highest BCUT2D eigenvalue weighted by atomic mass is 16.4. The van der Waals surface area contributed by atoms with Crippen molar-refractivity contribution in [1.82, 2.24) is 4.98 Å². The van der Waals surface area contributed by atoms with Crippen LogP contribution in [0.15, 0.2) is 52.9 Å². The molecule has 0 aliphatic carbocycles. The Hall–Kier alpha value is -2.62. The van der Waals surface area contributed by atoms with Crippen LogP contribution in [-0.4, -0.2) is 10.8 Å². The molecule has 0 bridgehead atoms. The fourth-order valence-corrected chi connectivity index (χ4v) is 2.12. The molecule has 0 aliphatic rings. The van der Waals surface area contributed by atoms with Crippen molar-refractivity contribution in [3.63, 3.8) is 0 Å². The van der Waals surface area contributed by atoms with Gasteiger partial charge in [-0.2, -0.15) is 4.98 Å². The van der Waals surface area contributed by atoms with Crippen LogP contribution in [-0.2, 0) is 11.2 Å². The Morgan fingerprint density at radius 3 is 2.62 bits per heavy atom. The summed E-state index contributed by atoms with van der Waals surface area (Å²) in [4.78, 5) is 15.3. The molecule has 2 aromatic carbocycles. The molecule has 3 rings (SSSR count). The average Bonchev–Trinajstić information content (AvgIpc) is 2.88. The summed E-state index contributed by atoms with van der Waals surface area (Å²) in [5, 5.41) is 3.14. The van der Waals surface area contributed by atoms with Crippen molar-refractivity contribution in [2.24, 2.45) is 0 Å². The van der Waals surface area contributed by atoms with Crippen LogP contribution < -0.4 is 5.32 Å². The number of hydrogen-bond donors (Lipinski definition) is 1. The van der Waals surface area contributed by atoms with E-state index in [0.29, 0.717) is 12.4 Å². The molecule has 0 spiro atoms. The molecule has 106 valence electrons. The van der Waals surface area contributed by atoms with Crippen molar-refractivity contribution in [1.29, 1.82) is 0 Å². The van der Waals surface area contributed by atoms with E-state index >= 15 is 0 Å². The van der Waals surface area contributed by atoms with E-state index in [-0.39, 0.29) is 5.78 Å². The summed E-state index contributed by atoms with van der Waals surface area (Å²) in [6, 6.07) is 16.1. The zero-order chi connectivity index (χ0) is 14.7. The van der Waals surface area contributed by atoms with Crippen molar-refractivity contribution in [3.8, 4) is 0 Å². The topological polar surface area (TPSA) is 55.1 Å². The molecule has 0 radical (unpaired) electrons. The Bertz CT molecular complexity index is 727. The molecular formula is C17H16N2O2. The minimum atomic E-state index is 0.212. The van der Waals surface area contributed by atoms with Crippen molar-refractivity contribution >= 4 is 28.6 Å². The van der Waals surface area contributed by atoms with Crippen molar-refractivity contribution in [2.45, 2.75) is 19.8 Å². The molecule has 0 atom stereocenters. The number of anilines is 2. The third-order valence-corrected chi connectivity index (χ3v) is 3.26. The van der Waals surface area contributed by atoms with E-state index in [1.165, 1.54) is 0 Å². The number of hydrogen-bond acceptors (Lipinski definition) is 4. The summed E-state index contributed by atoms with van der Waals surface area (Å²) in [5.41, 5.74) is 3.65. The molecule has 3 aromatic rings. The Morgan fingerprint density at radius 1 is 1.14 bits per heavy atom. The van der Waals surface area contributed by atoms with Crippen LogP contribution >= 0.6 is 0 Å². The molecule has 1 aromatic heterocycles. The molecule has 0 saturated carbocycles. The van der Waals surface area contributed by atoms with Crippen LogP contribution in [0.1, 0.15) is 18.9 Å². The monoisotopic (exact) mass is 280 g/mol. The number of rotatable bonds is 5. The molecule has 0 unspecified atom stereocenters. The standard InChI is InChI=1S/C17H16N2O2/c1-12(20)6-7-13-8-10-14(11-9-13)18-17-19-15-4-2-3-5-16(15)21-17/h2-5,8-11H,6-7H2,1H3,(H,18,19). The van der Waals surface area contributed by atoms with Crippen LogP contribution in [0, 0.1) is 0 Å². The Labute approximate surface area is 122 Å². The largest absolute Gasteiger partial charge is 0.423 e. The van der Waals surface area contributed by atoms with Gasteiger partial charge in [-0.1, -0.05) is 24.3 Å². The van der Waals surface area contributed by atoms with Gasteiger partial charge in [-0.25, -0.2) is 0 Å². The van der Waals surface area contributed by atoms with Gasteiger partial charge in [0.25, 0.3) is 6.01 Å². The van der Waals surface area contributed by atoms with Crippen LogP contribution in [0.4, 0.5) is 11.7 Å². The third-order valence-electron chi connectivity index (χ3n) is 3.26. The minimum Gasteiger partial charge on any atom is -0.423 e. The maximum atomic E-state index is 11.0. The number of aryl methyl sites for hydroxylation is 1. The van der Waals surface area contributed by atoms with E-state index in [2.05, 4.69) is 10.3 Å². The van der Waals surface area contributed by atoms with E-state index in [1.807, 2.05) is 48.5 Å². The first-order valence-corrected chi connectivity index (χ1v) is 6.92. The average molecular weight is 280 g/mol. The second kappa shape index (κ2) is 5.79. The maximum absolute atomic E-state index is 11.0. The number of nitrogens with one attached hydrogen (secondary N) is 1. The van der Waals surface area contributed by atoms with E-state index in [4.69, 9.17) is 4.42 Å². The van der Waals surface area contributed by atoms with Gasteiger partial charge in [0.05, 0.1) is 0 Å². The molecule has 21 heavy (non-hydrogen) atoms. The van der Waals surface area contributed by atoms with Crippen molar-refractivity contribution < 1.29 is 9.21 Å². The van der Waals surface area contributed by atoms with Crippen LogP contribution in [0.5, 0.6) is 0 Å². The van der Waals surface area contributed by atoms with Crippen LogP contribution in [0.25, 0.3) is 11.1 Å². The molecule has 1 N–H and O–H groups in total. The Kier molecular flexibility index (Phi) is 3.69. The summed E-state index contributed by atoms with van der Waals surface area (Å²) in [6.07, 6.45) is 1.36. The highest BCUT2D eigenvalue weighted by Gasteiger charge is 2.05. The van der Waals surface area contributed by atoms with Gasteiger partial charge in [-0.05, 0) is 43.2 Å². The number of Topliss-reactive ketones (excluding diaryl/α,β-unsaturated/α-hetero) is 1. The number of oxazole rings is 1. The second-order valence-electron chi connectivity index (χ2n) is 5.01. The van der Waals surface area contributed by atoms with Crippen LogP contribution in [0.3, 0.4) is 0 Å². The lowest BCUT2D eigenvalue weighted by Crippen LogP contribution is -1.95. The quantitative estimate of drug-likeness (QED) is 0.764. The molecule has 4 nitrogen and oxygen atoms in total. The fourth-order valence-electron chi connectivity index (χ4n) is 2.12. The van der Waals surface area contributed by atoms with Gasteiger partial charge >= 0.3 is 0 Å². The first-order chi connectivity index (χ1) is 10.2. The van der Waals surface area contributed by atoms with Crippen molar-refractivity contribution in [2.75, 3.05) is 5.32 Å². The first-order valence-electron chi connectivity index (χ1n) is 6.92. The van der Waals surface area contributed by atoms with Crippen LogP contribution in [0.2, 0.25) is 0 Å². The Morgan fingerprint density at radius 2 is 1.90 bits per heavy atom. The molecule has 0 fully saturated rings. The van der Waals surface area contributed by atoms with Gasteiger partial charge < -0.3 is 14.5 Å². The van der Waals surface area contributed by atoms with E-state index < -0.39 is 0 Å². The first kappa shape index (κ1) is 13.4. The predicted molar refractivity (Wildman–Crippen MR) is 82.7 cm³/mol. The summed E-state index contributed by atoms with van der Waals surface area (Å²) in [5.74, 6) is 0.212. The molecule has 4 heteroatoms. The smallest absolute Gasteiger partial charge is 0.300 e. The minimum absolute atomic E-state index is 0.212. The molecule has 0 amide bonds. The van der Waals surface area contributed by atoms with Crippen molar-refractivity contribution in [3.05, 3.63) is 54.1 Å². The van der Waals surface area contributed by atoms with Gasteiger partial charge in [0.1, 0.15) is 11.3 Å². The summed E-state index contributed by atoms with van der Waals surface area (Å²) in [6.45, 7) is 1.61. The predicted octanol–water partition coefficient (Wildman–Crippen LogP) is 4.09. The third kappa shape index (κ3) is 3.28. The number of para-hydroxylation sites is 2. The van der Waals surface area contributed by atoms with E-state index in [9.17, 15) is 4.79 Å². The number of aromatic nitrogens is 1. The summed E-state index contributed by atoms with van der Waals surface area (Å²) in [7, 11) is 0. The number of carbonyl (C=O) groups excluding carboxylic acids is 1. The molecule has 1 heterocycles. The number of fused-ring (bicyclic) bond motifs is 1. The van der Waals surface area contributed by atoms with Gasteiger partial charge in [0.15, 0.2) is 5.58 Å². The zero-order valence-corrected chi connectivity index (χ0v) is 11.8. The van der Waals surface area contributed by atoms with Gasteiger partial charge in [-0.3, -0.25) is 0 Å². The van der Waals surface area contributed by atoms with Gasteiger partial charge in [0, 0.05) is 12.1 Å². The lowest BCUT2D eigenvalue weighted by Gasteiger charge is -2.03. The molecular weight excluding hydrogens is 264 g/mol. The fraction of sp³-hybridized carbons (Fsp3) is 0.176. The normalized spacial score (nSPS) is 10.7. The zero-order valence-electron chi connectivity index (χ0n) is 11.8. The Balaban J connectivity index is 1.71. The summed E-state index contributed by atoms with van der Waals surface area (Å²) < 4.78 is 5.61. The second-order valence-corrected chi connectivity index (χ2v) is 5.01. The molecule has 0 saturated heterocycles. The number of ketones is 1. The lowest BCUT2D eigenvalue weighted by atomic mass is 10.1. The summed E-state index contributed by atoms with van der Waals surface area (Å²) >= 11 is 0. The van der Waals surface area contributed by atoms with E-state index in [1.54, 1.807) is 6.92 Å². The molecule has 0 aliphatic heterocycles. The number of nitrogens with zero attached hydrogens (tertiary/aromatic N) is 1. The lowest BCUT2D eigenvalue weighted by molar-refractivity contribution is -0.116. The van der Waals surface area contributed by atoms with Gasteiger partial charge in [-0.15, -0.1) is 0 Å². The maximum Gasteiger partial charge on any atom is 0.300 e. The highest BCUT2D eigenvalue weighted by molar-refractivity contribution is 5.76. The van der Waals surface area contributed by atoms with E-state index in [0.717, 1.165) is 28.8 Å². The SMILES string of the molecule is CC(=O)CCc1ccc(Nc2nc3ccccc3o2)cc1. The van der Waals surface area contributed by atoms with Gasteiger partial charge in [0.2, 0.25) is 0 Å². The number of carbonyl (C=O) groups is 1. The number of benzene rings is 2. The highest BCUT2D eigenvalue weighted by Crippen LogP contribution is 2.22.